The number of nitrogens with zero attached hydrogens (tertiary/aromatic N) is 1. The summed E-state index contributed by atoms with van der Waals surface area (Å²) in [7, 11) is 0. The number of likely N-dealkylation sites (tertiary alicyclic amines) is 1. The zero-order chi connectivity index (χ0) is 19.2. The molecule has 0 unspecified atom stereocenters. The summed E-state index contributed by atoms with van der Waals surface area (Å²) in [5.74, 6) is 1.63. The average Bonchev–Trinajstić information content (AvgIpc) is 2.70. The molecular weight excluding hydrogens is 334 g/mol. The average molecular weight is 366 g/mol. The Morgan fingerprint density at radius 1 is 1.07 bits per heavy atom. The van der Waals surface area contributed by atoms with Crippen molar-refractivity contribution >= 4 is 5.91 Å². The molecule has 1 fully saturated rings. The highest BCUT2D eigenvalue weighted by Crippen LogP contribution is 2.25. The van der Waals surface area contributed by atoms with Crippen LogP contribution in [0.5, 0.6) is 5.75 Å². The molecule has 1 aliphatic rings. The Morgan fingerprint density at radius 2 is 1.78 bits per heavy atom. The van der Waals surface area contributed by atoms with Crippen molar-refractivity contribution in [2.24, 2.45) is 5.92 Å². The number of carbonyl (C=O) groups excluding carboxylic acids is 1. The SMILES string of the molecule is CC[C@H](Oc1cccc(C)c1C)C(=O)N1CCC(Cc2ccccc2)CC1. The van der Waals surface area contributed by atoms with Crippen LogP contribution in [0.25, 0.3) is 0 Å². The molecule has 2 aromatic carbocycles. The molecule has 0 spiro atoms. The maximum absolute atomic E-state index is 13.0. The van der Waals surface area contributed by atoms with Gasteiger partial charge in [-0.15, -0.1) is 0 Å². The first kappa shape index (κ1) is 19.5. The Balaban J connectivity index is 1.56. The van der Waals surface area contributed by atoms with Gasteiger partial charge in [-0.1, -0.05) is 49.4 Å². The summed E-state index contributed by atoms with van der Waals surface area (Å²) < 4.78 is 6.12. The van der Waals surface area contributed by atoms with E-state index in [2.05, 4.69) is 50.2 Å². The molecule has 0 radical (unpaired) electrons. The van der Waals surface area contributed by atoms with E-state index in [0.29, 0.717) is 12.3 Å². The molecule has 0 aromatic heterocycles. The molecule has 1 aliphatic heterocycles. The van der Waals surface area contributed by atoms with Crippen LogP contribution in [0.2, 0.25) is 0 Å². The number of rotatable bonds is 6. The Kier molecular flexibility index (Phi) is 6.54. The third-order valence-corrected chi connectivity index (χ3v) is 5.76. The van der Waals surface area contributed by atoms with E-state index in [1.54, 1.807) is 0 Å². The zero-order valence-electron chi connectivity index (χ0n) is 16.8. The maximum atomic E-state index is 13.0. The van der Waals surface area contributed by atoms with Gasteiger partial charge in [0, 0.05) is 13.1 Å². The minimum Gasteiger partial charge on any atom is -0.480 e. The summed E-state index contributed by atoms with van der Waals surface area (Å²) in [4.78, 5) is 15.0. The molecule has 0 N–H and O–H groups in total. The van der Waals surface area contributed by atoms with E-state index in [0.717, 1.165) is 43.7 Å². The summed E-state index contributed by atoms with van der Waals surface area (Å²) in [6.07, 6.45) is 3.55. The molecule has 3 rings (SSSR count). The highest BCUT2D eigenvalue weighted by molar-refractivity contribution is 5.81. The summed E-state index contributed by atoms with van der Waals surface area (Å²) >= 11 is 0. The van der Waals surface area contributed by atoms with Crippen LogP contribution >= 0.6 is 0 Å². The smallest absolute Gasteiger partial charge is 0.263 e. The van der Waals surface area contributed by atoms with Crippen molar-refractivity contribution in [1.29, 1.82) is 0 Å². The molecule has 1 atom stereocenters. The van der Waals surface area contributed by atoms with Crippen molar-refractivity contribution in [2.75, 3.05) is 13.1 Å². The molecule has 3 heteroatoms. The van der Waals surface area contributed by atoms with E-state index in [1.807, 2.05) is 24.0 Å². The topological polar surface area (TPSA) is 29.5 Å². The van der Waals surface area contributed by atoms with E-state index in [1.165, 1.54) is 11.1 Å². The van der Waals surface area contributed by atoms with Crippen molar-refractivity contribution in [3.05, 3.63) is 65.2 Å². The van der Waals surface area contributed by atoms with Crippen molar-refractivity contribution in [3.8, 4) is 5.75 Å². The van der Waals surface area contributed by atoms with E-state index < -0.39 is 6.10 Å². The van der Waals surface area contributed by atoms with E-state index in [-0.39, 0.29) is 5.91 Å². The van der Waals surface area contributed by atoms with Crippen LogP contribution in [-0.2, 0) is 11.2 Å². The molecule has 0 saturated carbocycles. The van der Waals surface area contributed by atoms with Gasteiger partial charge in [-0.3, -0.25) is 4.79 Å². The number of carbonyl (C=O) groups is 1. The minimum absolute atomic E-state index is 0.136. The first-order valence-electron chi connectivity index (χ1n) is 10.1. The molecule has 1 saturated heterocycles. The predicted molar refractivity (Wildman–Crippen MR) is 110 cm³/mol. The Hall–Kier alpha value is -2.29. The van der Waals surface area contributed by atoms with Crippen LogP contribution in [-0.4, -0.2) is 30.0 Å². The van der Waals surface area contributed by atoms with Gasteiger partial charge in [0.25, 0.3) is 5.91 Å². The second kappa shape index (κ2) is 9.07. The standard InChI is InChI=1S/C24H31NO2/c1-4-22(27-23-12-8-9-18(2)19(23)3)24(26)25-15-13-21(14-16-25)17-20-10-6-5-7-11-20/h5-12,21-22H,4,13-17H2,1-3H3/t22-/m0/s1. The lowest BCUT2D eigenvalue weighted by molar-refractivity contribution is -0.140. The van der Waals surface area contributed by atoms with Gasteiger partial charge in [0.05, 0.1) is 0 Å². The predicted octanol–water partition coefficient (Wildman–Crippen LogP) is 4.94. The molecule has 0 bridgehead atoms. The molecule has 27 heavy (non-hydrogen) atoms. The summed E-state index contributed by atoms with van der Waals surface area (Å²) in [6.45, 7) is 7.82. The lowest BCUT2D eigenvalue weighted by Gasteiger charge is -2.34. The first-order valence-corrected chi connectivity index (χ1v) is 10.1. The van der Waals surface area contributed by atoms with Gasteiger partial charge in [-0.2, -0.15) is 0 Å². The quantitative estimate of drug-likeness (QED) is 0.725. The fourth-order valence-corrected chi connectivity index (χ4v) is 3.82. The van der Waals surface area contributed by atoms with E-state index in [9.17, 15) is 4.79 Å². The maximum Gasteiger partial charge on any atom is 0.263 e. The number of hydrogen-bond acceptors (Lipinski definition) is 2. The lowest BCUT2D eigenvalue weighted by atomic mass is 9.90. The molecule has 1 amide bonds. The van der Waals surface area contributed by atoms with E-state index in [4.69, 9.17) is 4.74 Å². The molecule has 144 valence electrons. The van der Waals surface area contributed by atoms with Crippen LogP contribution in [0.4, 0.5) is 0 Å². The summed E-state index contributed by atoms with van der Waals surface area (Å²) in [5, 5.41) is 0. The third kappa shape index (κ3) is 4.91. The van der Waals surface area contributed by atoms with Gasteiger partial charge in [0.2, 0.25) is 0 Å². The number of aryl methyl sites for hydroxylation is 1. The second-order valence-corrected chi connectivity index (χ2v) is 7.67. The zero-order valence-corrected chi connectivity index (χ0v) is 16.8. The fraction of sp³-hybridized carbons (Fsp3) is 0.458. The lowest BCUT2D eigenvalue weighted by Crippen LogP contribution is -2.46. The number of piperidine rings is 1. The van der Waals surface area contributed by atoms with Crippen LogP contribution in [0, 0.1) is 19.8 Å². The van der Waals surface area contributed by atoms with Crippen LogP contribution in [0.3, 0.4) is 0 Å². The van der Waals surface area contributed by atoms with Gasteiger partial charge < -0.3 is 9.64 Å². The van der Waals surface area contributed by atoms with Crippen LogP contribution in [0.1, 0.15) is 42.9 Å². The largest absolute Gasteiger partial charge is 0.480 e. The minimum atomic E-state index is -0.392. The van der Waals surface area contributed by atoms with Crippen molar-refractivity contribution < 1.29 is 9.53 Å². The highest BCUT2D eigenvalue weighted by atomic mass is 16.5. The van der Waals surface area contributed by atoms with Gasteiger partial charge >= 0.3 is 0 Å². The molecule has 3 nitrogen and oxygen atoms in total. The third-order valence-electron chi connectivity index (χ3n) is 5.76. The fourth-order valence-electron chi connectivity index (χ4n) is 3.82. The van der Waals surface area contributed by atoms with Gasteiger partial charge in [-0.05, 0) is 68.2 Å². The van der Waals surface area contributed by atoms with Crippen molar-refractivity contribution in [1.82, 2.24) is 4.90 Å². The molecule has 1 heterocycles. The second-order valence-electron chi connectivity index (χ2n) is 7.67. The first-order chi connectivity index (χ1) is 13.1. The van der Waals surface area contributed by atoms with Crippen LogP contribution in [0.15, 0.2) is 48.5 Å². The van der Waals surface area contributed by atoms with Crippen LogP contribution < -0.4 is 4.74 Å². The highest BCUT2D eigenvalue weighted by Gasteiger charge is 2.29. The van der Waals surface area contributed by atoms with Crippen molar-refractivity contribution in [3.63, 3.8) is 0 Å². The number of hydrogen-bond donors (Lipinski definition) is 0. The Bertz CT molecular complexity index is 748. The molecular formula is C24H31NO2. The van der Waals surface area contributed by atoms with Gasteiger partial charge in [0.1, 0.15) is 5.75 Å². The summed E-state index contributed by atoms with van der Waals surface area (Å²) in [5.41, 5.74) is 3.70. The Morgan fingerprint density at radius 3 is 2.44 bits per heavy atom. The molecule has 0 aliphatic carbocycles. The Labute approximate surface area is 163 Å². The van der Waals surface area contributed by atoms with E-state index >= 15 is 0 Å². The number of ether oxygens (including phenoxy) is 1. The summed E-state index contributed by atoms with van der Waals surface area (Å²) in [6, 6.07) is 16.7. The number of amides is 1. The van der Waals surface area contributed by atoms with Gasteiger partial charge in [0.15, 0.2) is 6.10 Å². The monoisotopic (exact) mass is 365 g/mol. The van der Waals surface area contributed by atoms with Gasteiger partial charge in [-0.25, -0.2) is 0 Å². The number of benzene rings is 2. The van der Waals surface area contributed by atoms with Crippen molar-refractivity contribution in [2.45, 2.75) is 52.6 Å². The normalized spacial score (nSPS) is 16.2. The molecule has 2 aromatic rings.